The highest BCUT2D eigenvalue weighted by molar-refractivity contribution is 5.31. The molecule has 1 aromatic heterocycles. The van der Waals surface area contributed by atoms with Crippen LogP contribution >= 0.6 is 0 Å². The monoisotopic (exact) mass is 258 g/mol. The van der Waals surface area contributed by atoms with Crippen molar-refractivity contribution in [2.24, 2.45) is 7.05 Å². The maximum atomic E-state index is 5.76. The van der Waals surface area contributed by atoms with Crippen LogP contribution in [0.25, 0.3) is 0 Å². The first kappa shape index (κ1) is 13.7. The normalized spacial score (nSPS) is 11.6. The van der Waals surface area contributed by atoms with E-state index in [2.05, 4.69) is 38.0 Å². The van der Waals surface area contributed by atoms with Gasteiger partial charge in [-0.2, -0.15) is 5.10 Å². The van der Waals surface area contributed by atoms with Crippen LogP contribution in [0.4, 0.5) is 0 Å². The number of benzene rings is 1. The first-order chi connectivity index (χ1) is 8.97. The molecule has 0 fully saturated rings. The van der Waals surface area contributed by atoms with Crippen LogP contribution in [-0.2, 0) is 18.9 Å². The van der Waals surface area contributed by atoms with Crippen molar-refractivity contribution in [1.29, 1.82) is 0 Å². The van der Waals surface area contributed by atoms with E-state index >= 15 is 0 Å². The molecule has 0 aliphatic carbocycles. The lowest BCUT2D eigenvalue weighted by molar-refractivity contribution is 0.318. The molecule has 3 heteroatoms. The van der Waals surface area contributed by atoms with Crippen LogP contribution in [0.15, 0.2) is 36.5 Å². The molecule has 1 heterocycles. The molecule has 0 amide bonds. The van der Waals surface area contributed by atoms with Gasteiger partial charge in [0.25, 0.3) is 0 Å². The van der Waals surface area contributed by atoms with Gasteiger partial charge in [0.15, 0.2) is 0 Å². The predicted molar refractivity (Wildman–Crippen MR) is 77.5 cm³/mol. The van der Waals surface area contributed by atoms with Gasteiger partial charge in [0.1, 0.15) is 5.75 Å². The van der Waals surface area contributed by atoms with Gasteiger partial charge in [-0.05, 0) is 29.2 Å². The van der Waals surface area contributed by atoms with Crippen LogP contribution in [0, 0.1) is 0 Å². The van der Waals surface area contributed by atoms with Crippen LogP contribution in [0.2, 0.25) is 0 Å². The van der Waals surface area contributed by atoms with Crippen LogP contribution in [0.5, 0.6) is 5.75 Å². The van der Waals surface area contributed by atoms with Gasteiger partial charge in [0, 0.05) is 25.4 Å². The Labute approximate surface area is 115 Å². The number of aryl methyl sites for hydroxylation is 1. The Morgan fingerprint density at radius 1 is 1.11 bits per heavy atom. The second kappa shape index (κ2) is 5.47. The van der Waals surface area contributed by atoms with E-state index in [9.17, 15) is 0 Å². The minimum Gasteiger partial charge on any atom is -0.493 e. The zero-order chi connectivity index (χ0) is 13.9. The molecule has 102 valence electrons. The fourth-order valence-electron chi connectivity index (χ4n) is 1.97. The molecule has 0 saturated heterocycles. The summed E-state index contributed by atoms with van der Waals surface area (Å²) in [5.74, 6) is 0.926. The van der Waals surface area contributed by atoms with Crippen molar-refractivity contribution in [3.8, 4) is 5.75 Å². The molecule has 0 aliphatic rings. The molecule has 0 atom stereocenters. The fraction of sp³-hybridized carbons (Fsp3) is 0.438. The lowest BCUT2D eigenvalue weighted by atomic mass is 9.87. The smallest absolute Gasteiger partial charge is 0.119 e. The Bertz CT molecular complexity index is 520. The maximum absolute atomic E-state index is 5.76. The van der Waals surface area contributed by atoms with Crippen molar-refractivity contribution in [1.82, 2.24) is 9.78 Å². The zero-order valence-corrected chi connectivity index (χ0v) is 12.2. The molecule has 0 spiro atoms. The number of aromatic nitrogens is 2. The summed E-state index contributed by atoms with van der Waals surface area (Å²) < 4.78 is 7.64. The molecule has 0 unspecified atom stereocenters. The van der Waals surface area contributed by atoms with E-state index < -0.39 is 0 Å². The molecule has 0 bridgehead atoms. The Hall–Kier alpha value is -1.77. The number of hydrogen-bond donors (Lipinski definition) is 0. The third-order valence-corrected chi connectivity index (χ3v) is 3.27. The molecule has 19 heavy (non-hydrogen) atoms. The second-order valence-electron chi connectivity index (χ2n) is 5.82. The molecule has 3 nitrogen and oxygen atoms in total. The zero-order valence-electron chi connectivity index (χ0n) is 12.2. The Balaban J connectivity index is 1.89. The van der Waals surface area contributed by atoms with Gasteiger partial charge in [-0.15, -0.1) is 0 Å². The SMILES string of the molecule is Cn1nccc1CCOc1ccc(C(C)(C)C)cc1. The quantitative estimate of drug-likeness (QED) is 0.841. The van der Waals surface area contributed by atoms with E-state index in [0.717, 1.165) is 12.2 Å². The number of nitrogens with zero attached hydrogens (tertiary/aromatic N) is 2. The van der Waals surface area contributed by atoms with Crippen LogP contribution in [0.1, 0.15) is 32.0 Å². The van der Waals surface area contributed by atoms with Crippen LogP contribution in [-0.4, -0.2) is 16.4 Å². The van der Waals surface area contributed by atoms with Crippen molar-refractivity contribution in [2.45, 2.75) is 32.6 Å². The summed E-state index contributed by atoms with van der Waals surface area (Å²) in [5.41, 5.74) is 2.70. The van der Waals surface area contributed by atoms with Gasteiger partial charge in [-0.25, -0.2) is 0 Å². The number of ether oxygens (including phenoxy) is 1. The molecule has 0 saturated carbocycles. The van der Waals surface area contributed by atoms with Gasteiger partial charge < -0.3 is 4.74 Å². The van der Waals surface area contributed by atoms with E-state index in [1.807, 2.05) is 36.1 Å². The standard InChI is InChI=1S/C16H22N2O/c1-16(2,3)13-5-7-15(8-6-13)19-12-10-14-9-11-17-18(14)4/h5-9,11H,10,12H2,1-4H3. The van der Waals surface area contributed by atoms with Crippen molar-refractivity contribution in [3.05, 3.63) is 47.8 Å². The van der Waals surface area contributed by atoms with Gasteiger partial charge >= 0.3 is 0 Å². The molecule has 0 N–H and O–H groups in total. The fourth-order valence-corrected chi connectivity index (χ4v) is 1.97. The minimum atomic E-state index is 0.188. The van der Waals surface area contributed by atoms with Crippen LogP contribution < -0.4 is 4.74 Å². The average molecular weight is 258 g/mol. The van der Waals surface area contributed by atoms with E-state index in [1.165, 1.54) is 11.3 Å². The second-order valence-corrected chi connectivity index (χ2v) is 5.82. The van der Waals surface area contributed by atoms with Gasteiger partial charge in [-0.3, -0.25) is 4.68 Å². The molecule has 2 rings (SSSR count). The van der Waals surface area contributed by atoms with Gasteiger partial charge in [0.05, 0.1) is 6.61 Å². The summed E-state index contributed by atoms with van der Waals surface area (Å²) in [7, 11) is 1.95. The van der Waals surface area contributed by atoms with Gasteiger partial charge in [0.2, 0.25) is 0 Å². The maximum Gasteiger partial charge on any atom is 0.119 e. The summed E-state index contributed by atoms with van der Waals surface area (Å²) in [4.78, 5) is 0. The Morgan fingerprint density at radius 3 is 2.32 bits per heavy atom. The molecule has 0 aliphatic heterocycles. The van der Waals surface area contributed by atoms with Crippen LogP contribution in [0.3, 0.4) is 0 Å². The highest BCUT2D eigenvalue weighted by Gasteiger charge is 2.12. The van der Waals surface area contributed by atoms with Crippen molar-refractivity contribution >= 4 is 0 Å². The third kappa shape index (κ3) is 3.60. The highest BCUT2D eigenvalue weighted by atomic mass is 16.5. The summed E-state index contributed by atoms with van der Waals surface area (Å²) >= 11 is 0. The summed E-state index contributed by atoms with van der Waals surface area (Å²) in [6.07, 6.45) is 2.69. The van der Waals surface area contributed by atoms with Crippen molar-refractivity contribution < 1.29 is 4.74 Å². The molecule has 1 aromatic carbocycles. The summed E-state index contributed by atoms with van der Waals surface area (Å²) in [5, 5.41) is 4.14. The van der Waals surface area contributed by atoms with Gasteiger partial charge in [-0.1, -0.05) is 32.9 Å². The lowest BCUT2D eigenvalue weighted by Gasteiger charge is -2.19. The van der Waals surface area contributed by atoms with E-state index in [-0.39, 0.29) is 5.41 Å². The lowest BCUT2D eigenvalue weighted by Crippen LogP contribution is -2.11. The Kier molecular flexibility index (Phi) is 3.93. The number of rotatable bonds is 4. The average Bonchev–Trinajstić information content (AvgIpc) is 2.75. The number of hydrogen-bond acceptors (Lipinski definition) is 2. The van der Waals surface area contributed by atoms with E-state index in [0.29, 0.717) is 6.61 Å². The van der Waals surface area contributed by atoms with E-state index in [4.69, 9.17) is 4.74 Å². The predicted octanol–water partition coefficient (Wildman–Crippen LogP) is 3.34. The van der Waals surface area contributed by atoms with E-state index in [1.54, 1.807) is 0 Å². The largest absolute Gasteiger partial charge is 0.493 e. The topological polar surface area (TPSA) is 27.1 Å². The Morgan fingerprint density at radius 2 is 1.79 bits per heavy atom. The highest BCUT2D eigenvalue weighted by Crippen LogP contribution is 2.24. The summed E-state index contributed by atoms with van der Waals surface area (Å²) in [6, 6.07) is 10.4. The molecular weight excluding hydrogens is 236 g/mol. The minimum absolute atomic E-state index is 0.188. The van der Waals surface area contributed by atoms with Crippen molar-refractivity contribution in [3.63, 3.8) is 0 Å². The summed E-state index contributed by atoms with van der Waals surface area (Å²) in [6.45, 7) is 7.32. The first-order valence-electron chi connectivity index (χ1n) is 6.67. The molecule has 2 aromatic rings. The van der Waals surface area contributed by atoms with Crippen molar-refractivity contribution in [2.75, 3.05) is 6.61 Å². The first-order valence-corrected chi connectivity index (χ1v) is 6.67. The third-order valence-electron chi connectivity index (χ3n) is 3.27. The molecular formula is C16H22N2O. The molecule has 0 radical (unpaired) electrons.